The van der Waals surface area contributed by atoms with Crippen LogP contribution >= 0.6 is 0 Å². The van der Waals surface area contributed by atoms with Gasteiger partial charge in [-0.25, -0.2) is 24.1 Å². The van der Waals surface area contributed by atoms with Crippen molar-refractivity contribution in [3.05, 3.63) is 35.9 Å². The molecule has 17 heteroatoms. The molecule has 5 N–H and O–H groups in total. The van der Waals surface area contributed by atoms with Crippen LogP contribution in [0.5, 0.6) is 0 Å². The number of rotatable bonds is 8. The van der Waals surface area contributed by atoms with Crippen molar-refractivity contribution in [1.82, 2.24) is 25.2 Å². The van der Waals surface area contributed by atoms with Crippen molar-refractivity contribution in [2.45, 2.75) is 76.9 Å². The van der Waals surface area contributed by atoms with E-state index in [1.807, 2.05) is 0 Å². The van der Waals surface area contributed by atoms with Gasteiger partial charge < -0.3 is 25.4 Å². The van der Waals surface area contributed by atoms with Gasteiger partial charge in [0.2, 0.25) is 0 Å². The highest BCUT2D eigenvalue weighted by atomic mass is 19.4. The first kappa shape index (κ1) is 34.3. The molecular formula is C29H37F4N8O5+. The van der Waals surface area contributed by atoms with Gasteiger partial charge in [-0.2, -0.15) is 18.3 Å². The van der Waals surface area contributed by atoms with Crippen molar-refractivity contribution in [2.24, 2.45) is 16.8 Å². The number of halogens is 4. The Morgan fingerprint density at radius 1 is 1.15 bits per heavy atom. The largest absolute Gasteiger partial charge is 0.481 e. The lowest BCUT2D eigenvalue weighted by Gasteiger charge is -2.36. The zero-order chi connectivity index (χ0) is 33.8. The van der Waals surface area contributed by atoms with Crippen molar-refractivity contribution in [1.29, 1.82) is 0 Å². The fourth-order valence-corrected chi connectivity index (χ4v) is 5.26. The highest BCUT2D eigenvalue weighted by molar-refractivity contribution is 6.07. The molecule has 2 aliphatic rings. The standard InChI is InChI=1S/C29H36F4N8O5/c1-28(2,3)46-27(45)37-19-10-18(30)14-40(15-19)22-8-9-41-24(39-22)20(12-36-41)25(42)38-21(23(34)29(31,32)33)13-35-11-16-4-6-17(7-5-16)26(43)44/h8-9,11-13,16-19,34H,4-7,10,14-15H2,1-3H3,(H,37,45)(H,38,42)(H,43,44)/p+1/b21-13+,34-23?,35-11?/t16?,17?,18-,19-/m1/s1. The van der Waals surface area contributed by atoms with Crippen LogP contribution in [0.3, 0.4) is 0 Å². The van der Waals surface area contributed by atoms with Crippen LogP contribution in [0.1, 0.15) is 63.2 Å². The number of piperidine rings is 1. The monoisotopic (exact) mass is 653 g/mol. The Morgan fingerprint density at radius 3 is 2.48 bits per heavy atom. The van der Waals surface area contributed by atoms with E-state index in [0.717, 1.165) is 12.4 Å². The van der Waals surface area contributed by atoms with Crippen LogP contribution in [0.4, 0.5) is 28.2 Å². The van der Waals surface area contributed by atoms with E-state index >= 15 is 0 Å². The highest BCUT2D eigenvalue weighted by Gasteiger charge is 2.43. The maximum absolute atomic E-state index is 14.7. The van der Waals surface area contributed by atoms with Gasteiger partial charge in [-0.15, -0.1) is 0 Å². The fourth-order valence-electron chi connectivity index (χ4n) is 5.26. The number of aliphatic imine (C=N–C) groups is 1. The Hall–Kier alpha value is -4.57. The smallest absolute Gasteiger partial charge is 0.479 e. The number of ether oxygens (including phenoxy) is 1. The second-order valence-electron chi connectivity index (χ2n) is 12.3. The number of aromatic nitrogens is 3. The van der Waals surface area contributed by atoms with Gasteiger partial charge in [0.05, 0.1) is 30.9 Å². The molecule has 250 valence electrons. The SMILES string of the molecule is CC(C)(C)OC(=O)N[C@@H]1C[C@@H](F)CN(c2ccn3ncc(C(=O)N/C(=C/N=CC4CCC(C(=O)O)CC4)C(=[NH2+])C(F)(F)F)c3n2)C1. The molecule has 0 unspecified atom stereocenters. The van der Waals surface area contributed by atoms with E-state index in [-0.39, 0.29) is 42.5 Å². The van der Waals surface area contributed by atoms with E-state index in [2.05, 4.69) is 25.7 Å². The van der Waals surface area contributed by atoms with Gasteiger partial charge >= 0.3 is 24.0 Å². The van der Waals surface area contributed by atoms with Gasteiger partial charge in [0.25, 0.3) is 5.91 Å². The molecule has 0 bridgehead atoms. The average molecular weight is 654 g/mol. The van der Waals surface area contributed by atoms with E-state index in [4.69, 9.17) is 15.3 Å². The van der Waals surface area contributed by atoms with Crippen LogP contribution in [0.15, 0.2) is 35.3 Å². The Morgan fingerprint density at radius 2 is 1.85 bits per heavy atom. The summed E-state index contributed by atoms with van der Waals surface area (Å²) in [6.45, 7) is 5.24. The Bertz CT molecular complexity index is 1530. The molecule has 13 nitrogen and oxygen atoms in total. The summed E-state index contributed by atoms with van der Waals surface area (Å²) in [5.41, 5.74) is -3.32. The number of anilines is 1. The number of aliphatic carboxylic acids is 1. The van der Waals surface area contributed by atoms with E-state index in [9.17, 15) is 31.9 Å². The third kappa shape index (κ3) is 9.00. The minimum Gasteiger partial charge on any atom is -0.481 e. The number of carboxylic acid groups (broad SMARTS) is 1. The number of fused-ring (bicyclic) bond motifs is 1. The van der Waals surface area contributed by atoms with Crippen LogP contribution in [0.2, 0.25) is 0 Å². The minimum absolute atomic E-state index is 0.0174. The fraction of sp³-hybridized carbons (Fsp3) is 0.552. The summed E-state index contributed by atoms with van der Waals surface area (Å²) < 4.78 is 61.9. The van der Waals surface area contributed by atoms with Crippen molar-refractivity contribution in [3.63, 3.8) is 0 Å². The lowest BCUT2D eigenvalue weighted by atomic mass is 9.83. The van der Waals surface area contributed by atoms with Crippen LogP contribution in [-0.2, 0) is 9.53 Å². The molecule has 1 saturated heterocycles. The minimum atomic E-state index is -4.98. The zero-order valence-corrected chi connectivity index (χ0v) is 25.6. The average Bonchev–Trinajstić information content (AvgIpc) is 3.38. The lowest BCUT2D eigenvalue weighted by Crippen LogP contribution is -2.53. The number of nitrogens with zero attached hydrogens (tertiary/aromatic N) is 5. The maximum Gasteiger partial charge on any atom is 0.479 e. The number of alkyl carbamates (subject to hydrolysis) is 1. The first-order valence-electron chi connectivity index (χ1n) is 14.7. The molecule has 0 spiro atoms. The predicted molar refractivity (Wildman–Crippen MR) is 158 cm³/mol. The first-order chi connectivity index (χ1) is 21.5. The van der Waals surface area contributed by atoms with Crippen LogP contribution in [-0.4, -0.2) is 86.7 Å². The third-order valence-corrected chi connectivity index (χ3v) is 7.51. The van der Waals surface area contributed by atoms with Gasteiger partial charge in [0, 0.05) is 25.4 Å². The molecule has 1 aliphatic heterocycles. The Labute approximate surface area is 261 Å². The molecule has 2 atom stereocenters. The highest BCUT2D eigenvalue weighted by Crippen LogP contribution is 2.28. The summed E-state index contributed by atoms with van der Waals surface area (Å²) in [4.78, 5) is 46.6. The third-order valence-electron chi connectivity index (χ3n) is 7.51. The molecule has 2 amide bonds. The summed E-state index contributed by atoms with van der Waals surface area (Å²) >= 11 is 0. The van der Waals surface area contributed by atoms with Crippen LogP contribution in [0, 0.1) is 11.8 Å². The van der Waals surface area contributed by atoms with Crippen molar-refractivity contribution in [2.75, 3.05) is 18.0 Å². The number of alkyl halides is 4. The molecule has 1 aliphatic carbocycles. The number of nitrogens with one attached hydrogen (secondary N) is 2. The van der Waals surface area contributed by atoms with E-state index in [1.165, 1.54) is 23.0 Å². The predicted octanol–water partition coefficient (Wildman–Crippen LogP) is 2.47. The molecule has 46 heavy (non-hydrogen) atoms. The summed E-state index contributed by atoms with van der Waals surface area (Å²) in [5.74, 6) is -2.24. The molecule has 3 heterocycles. The first-order valence-corrected chi connectivity index (χ1v) is 14.7. The van der Waals surface area contributed by atoms with Gasteiger partial charge in [-0.05, 0) is 58.4 Å². The quantitative estimate of drug-likeness (QED) is 0.248. The molecule has 1 saturated carbocycles. The summed E-state index contributed by atoms with van der Waals surface area (Å²) in [6, 6.07) is 0.926. The summed E-state index contributed by atoms with van der Waals surface area (Å²) in [7, 11) is 0. The number of carbonyl (C=O) groups excluding carboxylic acids is 2. The van der Waals surface area contributed by atoms with Crippen molar-refractivity contribution in [3.8, 4) is 0 Å². The molecule has 0 aromatic carbocycles. The van der Waals surface area contributed by atoms with E-state index in [1.54, 1.807) is 25.7 Å². The summed E-state index contributed by atoms with van der Waals surface area (Å²) in [5, 5.41) is 23.4. The second kappa shape index (κ2) is 13.8. The lowest BCUT2D eigenvalue weighted by molar-refractivity contribution is -0.166. The number of amides is 2. The van der Waals surface area contributed by atoms with Gasteiger partial charge in [-0.3, -0.25) is 14.6 Å². The molecule has 0 radical (unpaired) electrons. The second-order valence-corrected chi connectivity index (χ2v) is 12.3. The van der Waals surface area contributed by atoms with Crippen molar-refractivity contribution >= 4 is 41.4 Å². The number of hydrogen-bond acceptors (Lipinski definition) is 8. The number of allylic oxidation sites excluding steroid dienone is 1. The van der Waals surface area contributed by atoms with E-state index in [0.29, 0.717) is 25.7 Å². The number of carboxylic acids is 1. The number of carbonyl (C=O) groups is 3. The zero-order valence-electron chi connectivity index (χ0n) is 25.6. The normalized spacial score (nSPS) is 22.9. The maximum atomic E-state index is 14.7. The number of hydrogen-bond donors (Lipinski definition) is 4. The summed E-state index contributed by atoms with van der Waals surface area (Å²) in [6.07, 6.45) is -0.311. The Balaban J connectivity index is 1.51. The Kier molecular flexibility index (Phi) is 10.3. The van der Waals surface area contributed by atoms with Crippen molar-refractivity contribution < 1.29 is 47.2 Å². The topological polar surface area (TPSA) is 176 Å². The van der Waals surface area contributed by atoms with E-state index < -0.39 is 59.3 Å². The molecular weight excluding hydrogens is 616 g/mol. The van der Waals surface area contributed by atoms with Crippen LogP contribution in [0.25, 0.3) is 5.65 Å². The molecule has 2 aromatic rings. The molecule has 4 rings (SSSR count). The molecule has 2 fully saturated rings. The van der Waals surface area contributed by atoms with Gasteiger partial charge in [-0.1, -0.05) is 0 Å². The van der Waals surface area contributed by atoms with Gasteiger partial charge in [0.1, 0.15) is 28.9 Å². The van der Waals surface area contributed by atoms with Gasteiger partial charge in [0.15, 0.2) is 5.65 Å². The number of nitrogens with two attached hydrogens (primary N) is 1. The van der Waals surface area contributed by atoms with Crippen LogP contribution < -0.4 is 20.9 Å². The molecule has 2 aromatic heterocycles.